The topological polar surface area (TPSA) is 110 Å². The number of halogens is 3. The highest BCUT2D eigenvalue weighted by atomic mass is 19.2. The number of nitrogens with zero attached hydrogens (tertiary/aromatic N) is 1. The lowest BCUT2D eigenvalue weighted by atomic mass is 10.1. The molecule has 8 nitrogen and oxygen atoms in total. The van der Waals surface area contributed by atoms with E-state index in [0.29, 0.717) is 11.6 Å². The predicted octanol–water partition coefficient (Wildman–Crippen LogP) is 1.78. The van der Waals surface area contributed by atoms with Gasteiger partial charge in [0.05, 0.1) is 23.6 Å². The highest BCUT2D eigenvalue weighted by Crippen LogP contribution is 2.35. The summed E-state index contributed by atoms with van der Waals surface area (Å²) in [5, 5.41) is 14.1. The standard InChI is InChI=1S/C23H20F3N3O5/c1-11-10-34-21-18(26)16(25)6-14-19(21)29(11)8-15(20(14)31)22(32)28-17(9-30)23(33)27-7-12-2-4-13(24)5-3-12/h2-6,8,11,17,30H,7,9-10H2,1H3,(H,27,33)(H,28,32). The Balaban J connectivity index is 1.60. The normalized spacial score (nSPS) is 15.5. The molecule has 0 saturated heterocycles. The van der Waals surface area contributed by atoms with Crippen molar-refractivity contribution >= 4 is 22.7 Å². The number of ether oxygens (including phenoxy) is 1. The zero-order valence-corrected chi connectivity index (χ0v) is 17.9. The Hall–Kier alpha value is -3.86. The van der Waals surface area contributed by atoms with Gasteiger partial charge >= 0.3 is 0 Å². The number of benzene rings is 2. The van der Waals surface area contributed by atoms with Gasteiger partial charge in [0.2, 0.25) is 17.2 Å². The smallest absolute Gasteiger partial charge is 0.257 e. The van der Waals surface area contributed by atoms with Crippen LogP contribution >= 0.6 is 0 Å². The van der Waals surface area contributed by atoms with Crippen LogP contribution < -0.4 is 20.8 Å². The zero-order chi connectivity index (χ0) is 24.6. The van der Waals surface area contributed by atoms with Gasteiger partial charge in [0.1, 0.15) is 24.0 Å². The molecule has 4 rings (SSSR count). The molecule has 3 aromatic rings. The molecule has 1 aliphatic heterocycles. The molecule has 2 atom stereocenters. The van der Waals surface area contributed by atoms with E-state index in [1.165, 1.54) is 35.0 Å². The summed E-state index contributed by atoms with van der Waals surface area (Å²) in [7, 11) is 0. The van der Waals surface area contributed by atoms with Crippen LogP contribution in [-0.4, -0.2) is 40.7 Å². The number of carbonyl (C=O) groups excluding carboxylic acids is 2. The maximum absolute atomic E-state index is 14.2. The summed E-state index contributed by atoms with van der Waals surface area (Å²) in [4.78, 5) is 38.3. The third-order valence-corrected chi connectivity index (χ3v) is 5.54. The number of amides is 2. The van der Waals surface area contributed by atoms with Crippen molar-refractivity contribution in [3.63, 3.8) is 0 Å². The number of pyridine rings is 1. The van der Waals surface area contributed by atoms with Crippen LogP contribution in [0.4, 0.5) is 13.2 Å². The first kappa shape index (κ1) is 23.3. The van der Waals surface area contributed by atoms with Gasteiger partial charge in [-0.15, -0.1) is 0 Å². The number of hydrogen-bond donors (Lipinski definition) is 3. The van der Waals surface area contributed by atoms with E-state index in [1.807, 2.05) is 0 Å². The Labute approximate surface area is 191 Å². The second-order valence-corrected chi connectivity index (χ2v) is 7.89. The minimum absolute atomic E-state index is 0.0133. The summed E-state index contributed by atoms with van der Waals surface area (Å²) in [5.41, 5.74) is -0.686. The van der Waals surface area contributed by atoms with Crippen molar-refractivity contribution < 1.29 is 32.6 Å². The first-order valence-electron chi connectivity index (χ1n) is 10.3. The van der Waals surface area contributed by atoms with Gasteiger partial charge in [-0.2, -0.15) is 4.39 Å². The SMILES string of the molecule is CC1COc2c(F)c(F)cc3c(=O)c(C(=O)NC(CO)C(=O)NCc4ccc(F)cc4)cn1c23. The van der Waals surface area contributed by atoms with Gasteiger partial charge < -0.3 is 25.0 Å². The molecular weight excluding hydrogens is 455 g/mol. The van der Waals surface area contributed by atoms with Crippen molar-refractivity contribution in [2.45, 2.75) is 25.6 Å². The van der Waals surface area contributed by atoms with E-state index in [4.69, 9.17) is 4.74 Å². The molecule has 11 heteroatoms. The van der Waals surface area contributed by atoms with E-state index in [1.54, 1.807) is 6.92 Å². The molecule has 0 aliphatic carbocycles. The van der Waals surface area contributed by atoms with Crippen molar-refractivity contribution in [2.75, 3.05) is 13.2 Å². The lowest BCUT2D eigenvalue weighted by Gasteiger charge is -2.27. The minimum atomic E-state index is -1.40. The fourth-order valence-electron chi connectivity index (χ4n) is 3.70. The average Bonchev–Trinajstić information content (AvgIpc) is 2.82. The molecule has 0 bridgehead atoms. The third-order valence-electron chi connectivity index (χ3n) is 5.54. The Morgan fingerprint density at radius 1 is 1.24 bits per heavy atom. The molecule has 3 N–H and O–H groups in total. The van der Waals surface area contributed by atoms with Gasteiger partial charge in [-0.05, 0) is 30.7 Å². The van der Waals surface area contributed by atoms with Gasteiger partial charge in [-0.25, -0.2) is 8.78 Å². The van der Waals surface area contributed by atoms with Crippen molar-refractivity contribution in [3.05, 3.63) is 75.3 Å². The van der Waals surface area contributed by atoms with Gasteiger partial charge in [0.25, 0.3) is 5.91 Å². The van der Waals surface area contributed by atoms with E-state index in [0.717, 1.165) is 0 Å². The quantitative estimate of drug-likeness (QED) is 0.504. The molecule has 0 fully saturated rings. The summed E-state index contributed by atoms with van der Waals surface area (Å²) in [5.74, 6) is -5.09. The molecule has 2 aromatic carbocycles. The number of aromatic nitrogens is 1. The Kier molecular flexibility index (Phi) is 6.29. The molecule has 2 heterocycles. The number of carbonyl (C=O) groups is 2. The lowest BCUT2D eigenvalue weighted by Crippen LogP contribution is -2.49. The van der Waals surface area contributed by atoms with Crippen LogP contribution in [-0.2, 0) is 11.3 Å². The molecule has 178 valence electrons. The van der Waals surface area contributed by atoms with Crippen molar-refractivity contribution in [1.82, 2.24) is 15.2 Å². The average molecular weight is 475 g/mol. The maximum atomic E-state index is 14.2. The Bertz CT molecular complexity index is 1340. The monoisotopic (exact) mass is 475 g/mol. The predicted molar refractivity (Wildman–Crippen MR) is 115 cm³/mol. The van der Waals surface area contributed by atoms with Gasteiger partial charge in [-0.1, -0.05) is 12.1 Å². The molecule has 0 radical (unpaired) electrons. The van der Waals surface area contributed by atoms with Crippen LogP contribution in [0.5, 0.6) is 5.75 Å². The first-order valence-corrected chi connectivity index (χ1v) is 10.3. The number of aliphatic hydroxyl groups excluding tert-OH is 1. The van der Waals surface area contributed by atoms with Crippen LogP contribution in [0.3, 0.4) is 0 Å². The summed E-state index contributed by atoms with van der Waals surface area (Å²) in [6, 6.07) is 4.27. The highest BCUT2D eigenvalue weighted by Gasteiger charge is 2.29. The third kappa shape index (κ3) is 4.21. The van der Waals surface area contributed by atoms with E-state index in [-0.39, 0.29) is 24.1 Å². The summed E-state index contributed by atoms with van der Waals surface area (Å²) in [6.07, 6.45) is 1.19. The van der Waals surface area contributed by atoms with E-state index >= 15 is 0 Å². The van der Waals surface area contributed by atoms with E-state index in [9.17, 15) is 32.7 Å². The van der Waals surface area contributed by atoms with Crippen LogP contribution in [0, 0.1) is 17.5 Å². The van der Waals surface area contributed by atoms with E-state index < -0.39 is 64.7 Å². The number of hydrogen-bond acceptors (Lipinski definition) is 5. The van der Waals surface area contributed by atoms with Crippen molar-refractivity contribution in [2.24, 2.45) is 0 Å². The second-order valence-electron chi connectivity index (χ2n) is 7.89. The largest absolute Gasteiger partial charge is 0.486 e. The summed E-state index contributed by atoms with van der Waals surface area (Å²) < 4.78 is 48.0. The van der Waals surface area contributed by atoms with E-state index in [2.05, 4.69) is 10.6 Å². The van der Waals surface area contributed by atoms with Crippen LogP contribution in [0.1, 0.15) is 28.9 Å². The molecule has 34 heavy (non-hydrogen) atoms. The Morgan fingerprint density at radius 3 is 2.62 bits per heavy atom. The van der Waals surface area contributed by atoms with Crippen LogP contribution in [0.25, 0.3) is 10.9 Å². The van der Waals surface area contributed by atoms with Gasteiger partial charge in [0.15, 0.2) is 11.6 Å². The Morgan fingerprint density at radius 2 is 1.94 bits per heavy atom. The molecule has 2 unspecified atom stereocenters. The fourth-order valence-corrected chi connectivity index (χ4v) is 3.70. The highest BCUT2D eigenvalue weighted by molar-refractivity contribution is 6.00. The summed E-state index contributed by atoms with van der Waals surface area (Å²) in [6.45, 7) is 0.934. The molecule has 2 amide bonds. The van der Waals surface area contributed by atoms with Crippen molar-refractivity contribution in [1.29, 1.82) is 0 Å². The molecule has 0 saturated carbocycles. The summed E-state index contributed by atoms with van der Waals surface area (Å²) >= 11 is 0. The second kappa shape index (κ2) is 9.18. The van der Waals surface area contributed by atoms with Gasteiger partial charge in [0, 0.05) is 12.7 Å². The fraction of sp³-hybridized carbons (Fsp3) is 0.261. The molecule has 1 aromatic heterocycles. The molecule has 0 spiro atoms. The molecular formula is C23H20F3N3O5. The minimum Gasteiger partial charge on any atom is -0.486 e. The molecule has 1 aliphatic rings. The lowest BCUT2D eigenvalue weighted by molar-refractivity contribution is -0.124. The maximum Gasteiger partial charge on any atom is 0.257 e. The van der Waals surface area contributed by atoms with Crippen molar-refractivity contribution in [3.8, 4) is 5.75 Å². The number of rotatable bonds is 6. The number of aliphatic hydroxyl groups is 1. The van der Waals surface area contributed by atoms with Gasteiger partial charge in [-0.3, -0.25) is 14.4 Å². The first-order chi connectivity index (χ1) is 16.2. The number of nitrogens with one attached hydrogen (secondary N) is 2. The van der Waals surface area contributed by atoms with Crippen LogP contribution in [0.15, 0.2) is 41.3 Å². The zero-order valence-electron chi connectivity index (χ0n) is 17.9. The van der Waals surface area contributed by atoms with Crippen LogP contribution in [0.2, 0.25) is 0 Å².